The lowest BCUT2D eigenvalue weighted by Gasteiger charge is -2.15. The number of carbonyl (C=O) groups excluding carboxylic acids is 1. The molecule has 0 amide bonds. The summed E-state index contributed by atoms with van der Waals surface area (Å²) >= 11 is 3.64. The molecule has 0 bridgehead atoms. The molecule has 0 saturated carbocycles. The van der Waals surface area contributed by atoms with E-state index in [1.165, 1.54) is 0 Å². The zero-order chi connectivity index (χ0) is 6.78. The molecule has 0 aromatic rings. The molecule has 0 fully saturated rings. The van der Waals surface area contributed by atoms with E-state index < -0.39 is 5.41 Å². The van der Waals surface area contributed by atoms with Gasteiger partial charge in [0.15, 0.2) is 5.12 Å². The summed E-state index contributed by atoms with van der Waals surface area (Å²) < 4.78 is 0. The molecule has 0 radical (unpaired) electrons. The normalized spacial score (nSPS) is 11.5. The van der Waals surface area contributed by atoms with Gasteiger partial charge in [0.2, 0.25) is 0 Å². The van der Waals surface area contributed by atoms with Crippen molar-refractivity contribution >= 4 is 17.7 Å². The first-order valence-electron chi connectivity index (χ1n) is 2.44. The number of rotatable bonds is 2. The van der Waals surface area contributed by atoms with Crippen LogP contribution in [-0.2, 0) is 4.79 Å². The van der Waals surface area contributed by atoms with Crippen LogP contribution in [0, 0.1) is 5.41 Å². The standard InChI is InChI=1S/C5H11NOS/c1-5(2,3-6)4(7)8/h3,6H2,1-2H3,(H,7,8). The van der Waals surface area contributed by atoms with Gasteiger partial charge in [-0.25, -0.2) is 0 Å². The van der Waals surface area contributed by atoms with E-state index in [1.54, 1.807) is 13.8 Å². The number of thiol groups is 1. The predicted octanol–water partition coefficient (Wildman–Crippen LogP) is 0.428. The Morgan fingerprint density at radius 3 is 2.12 bits per heavy atom. The SMILES string of the molecule is CC(C)(CN)C(=O)S. The minimum atomic E-state index is -0.455. The van der Waals surface area contributed by atoms with Gasteiger partial charge in [0.25, 0.3) is 0 Å². The molecule has 0 aliphatic rings. The van der Waals surface area contributed by atoms with Crippen molar-refractivity contribution in [3.63, 3.8) is 0 Å². The van der Waals surface area contributed by atoms with Crippen LogP contribution in [0.15, 0.2) is 0 Å². The van der Waals surface area contributed by atoms with Crippen molar-refractivity contribution < 1.29 is 4.79 Å². The maximum atomic E-state index is 10.5. The minimum Gasteiger partial charge on any atom is -0.329 e. The molecule has 0 unspecified atom stereocenters. The molecule has 3 heteroatoms. The van der Waals surface area contributed by atoms with Crippen molar-refractivity contribution in [2.45, 2.75) is 13.8 Å². The second-order valence-corrected chi connectivity index (χ2v) is 2.80. The summed E-state index contributed by atoms with van der Waals surface area (Å²) in [4.78, 5) is 10.5. The summed E-state index contributed by atoms with van der Waals surface area (Å²) in [7, 11) is 0. The van der Waals surface area contributed by atoms with E-state index in [1.807, 2.05) is 0 Å². The highest BCUT2D eigenvalue weighted by Crippen LogP contribution is 2.15. The monoisotopic (exact) mass is 133 g/mol. The second kappa shape index (κ2) is 2.51. The average Bonchev–Trinajstić information content (AvgIpc) is 1.67. The van der Waals surface area contributed by atoms with E-state index in [2.05, 4.69) is 12.6 Å². The Hall–Kier alpha value is -0.0200. The average molecular weight is 133 g/mol. The van der Waals surface area contributed by atoms with E-state index in [0.717, 1.165) is 0 Å². The lowest BCUT2D eigenvalue weighted by atomic mass is 9.96. The fourth-order valence-corrected chi connectivity index (χ4v) is 0.179. The third kappa shape index (κ3) is 1.84. The fourth-order valence-electron chi connectivity index (χ4n) is 0.0873. The third-order valence-electron chi connectivity index (χ3n) is 1.09. The molecule has 8 heavy (non-hydrogen) atoms. The molecule has 0 saturated heterocycles. The molecule has 0 spiro atoms. The van der Waals surface area contributed by atoms with E-state index >= 15 is 0 Å². The van der Waals surface area contributed by atoms with Crippen LogP contribution in [0.3, 0.4) is 0 Å². The van der Waals surface area contributed by atoms with Gasteiger partial charge >= 0.3 is 0 Å². The molecule has 2 nitrogen and oxygen atoms in total. The van der Waals surface area contributed by atoms with Crippen molar-refractivity contribution in [1.82, 2.24) is 0 Å². The quantitative estimate of drug-likeness (QED) is 0.536. The summed E-state index contributed by atoms with van der Waals surface area (Å²) in [6, 6.07) is 0. The number of hydrogen-bond acceptors (Lipinski definition) is 2. The van der Waals surface area contributed by atoms with Crippen molar-refractivity contribution in [3.8, 4) is 0 Å². The van der Waals surface area contributed by atoms with Crippen LogP contribution in [0.2, 0.25) is 0 Å². The Morgan fingerprint density at radius 1 is 1.75 bits per heavy atom. The molecule has 0 aromatic carbocycles. The second-order valence-electron chi connectivity index (χ2n) is 2.39. The van der Waals surface area contributed by atoms with Crippen LogP contribution in [0.5, 0.6) is 0 Å². The van der Waals surface area contributed by atoms with Gasteiger partial charge in [-0.3, -0.25) is 4.79 Å². The van der Waals surface area contributed by atoms with E-state index in [0.29, 0.717) is 6.54 Å². The van der Waals surface area contributed by atoms with Crippen LogP contribution in [0.25, 0.3) is 0 Å². The molecule has 0 aliphatic heterocycles. The molecule has 0 aliphatic carbocycles. The Morgan fingerprint density at radius 2 is 2.12 bits per heavy atom. The van der Waals surface area contributed by atoms with Crippen LogP contribution in [-0.4, -0.2) is 11.7 Å². The predicted molar refractivity (Wildman–Crippen MR) is 36.8 cm³/mol. The summed E-state index contributed by atoms with van der Waals surface area (Å²) in [5.74, 6) is 0. The molecular formula is C5H11NOS. The topological polar surface area (TPSA) is 43.1 Å². The smallest absolute Gasteiger partial charge is 0.192 e. The number of carbonyl (C=O) groups is 1. The highest BCUT2D eigenvalue weighted by Gasteiger charge is 2.21. The van der Waals surface area contributed by atoms with Gasteiger partial charge < -0.3 is 5.73 Å². The summed E-state index contributed by atoms with van der Waals surface area (Å²) in [5.41, 5.74) is 4.78. The molecule has 48 valence electrons. The maximum absolute atomic E-state index is 10.5. The first kappa shape index (κ1) is 7.98. The van der Waals surface area contributed by atoms with Crippen molar-refractivity contribution in [3.05, 3.63) is 0 Å². The largest absolute Gasteiger partial charge is 0.329 e. The van der Waals surface area contributed by atoms with Crippen molar-refractivity contribution in [2.24, 2.45) is 11.1 Å². The van der Waals surface area contributed by atoms with Crippen molar-refractivity contribution in [1.29, 1.82) is 0 Å². The number of nitrogens with two attached hydrogens (primary N) is 1. The first-order chi connectivity index (χ1) is 3.50. The molecule has 2 N–H and O–H groups in total. The van der Waals surface area contributed by atoms with Crippen LogP contribution < -0.4 is 5.73 Å². The molecule has 0 heterocycles. The summed E-state index contributed by atoms with van der Waals surface area (Å²) in [6.07, 6.45) is 0. The van der Waals surface area contributed by atoms with Gasteiger partial charge in [0.1, 0.15) is 0 Å². The molecule has 0 rings (SSSR count). The Balaban J connectivity index is 3.91. The van der Waals surface area contributed by atoms with Gasteiger partial charge in [0.05, 0.1) is 0 Å². The zero-order valence-corrected chi connectivity index (χ0v) is 6.03. The Labute approximate surface area is 54.9 Å². The highest BCUT2D eigenvalue weighted by atomic mass is 32.1. The van der Waals surface area contributed by atoms with E-state index in [9.17, 15) is 4.79 Å². The highest BCUT2D eigenvalue weighted by molar-refractivity contribution is 7.96. The lowest BCUT2D eigenvalue weighted by Crippen LogP contribution is -2.29. The molecular weight excluding hydrogens is 122 g/mol. The first-order valence-corrected chi connectivity index (χ1v) is 2.89. The number of hydrogen-bond donors (Lipinski definition) is 2. The van der Waals surface area contributed by atoms with E-state index in [-0.39, 0.29) is 5.12 Å². The Kier molecular flexibility index (Phi) is 2.50. The lowest BCUT2D eigenvalue weighted by molar-refractivity contribution is -0.117. The molecule has 0 atom stereocenters. The van der Waals surface area contributed by atoms with Gasteiger partial charge in [0, 0.05) is 12.0 Å². The van der Waals surface area contributed by atoms with Crippen LogP contribution in [0.4, 0.5) is 0 Å². The Bertz CT molecular complexity index is 101. The summed E-state index contributed by atoms with van der Waals surface area (Å²) in [6.45, 7) is 3.89. The van der Waals surface area contributed by atoms with Gasteiger partial charge in [-0.1, -0.05) is 13.8 Å². The van der Waals surface area contributed by atoms with Gasteiger partial charge in [-0.05, 0) is 0 Å². The van der Waals surface area contributed by atoms with Gasteiger partial charge in [-0.15, -0.1) is 12.6 Å². The molecule has 0 aromatic heterocycles. The van der Waals surface area contributed by atoms with Crippen molar-refractivity contribution in [2.75, 3.05) is 6.54 Å². The van der Waals surface area contributed by atoms with Crippen LogP contribution in [0.1, 0.15) is 13.8 Å². The van der Waals surface area contributed by atoms with E-state index in [4.69, 9.17) is 5.73 Å². The summed E-state index contributed by atoms with van der Waals surface area (Å²) in [5, 5.41) is -0.153. The van der Waals surface area contributed by atoms with Crippen LogP contribution >= 0.6 is 12.6 Å². The minimum absolute atomic E-state index is 0.153. The zero-order valence-electron chi connectivity index (χ0n) is 5.14. The maximum Gasteiger partial charge on any atom is 0.192 e. The fraction of sp³-hybridized carbons (Fsp3) is 0.800. The third-order valence-corrected chi connectivity index (χ3v) is 1.69. The van der Waals surface area contributed by atoms with Gasteiger partial charge in [-0.2, -0.15) is 0 Å².